The highest BCUT2D eigenvalue weighted by Gasteiger charge is 2.18. The van der Waals surface area contributed by atoms with E-state index in [1.54, 1.807) is 0 Å². The summed E-state index contributed by atoms with van der Waals surface area (Å²) < 4.78 is 9.31. The Balaban J connectivity index is 5.00. The normalized spacial score (nSPS) is 11.8. The Hall–Kier alpha value is -1.32. The van der Waals surface area contributed by atoms with Crippen molar-refractivity contribution < 1.29 is 19.1 Å². The van der Waals surface area contributed by atoms with Crippen molar-refractivity contribution in [3.05, 3.63) is 11.1 Å². The molecule has 0 aromatic rings. The SMILES string of the molecule is CCCC/C(CC)=C(\CC(=O)OC)C(=O)OC. The lowest BCUT2D eigenvalue weighted by atomic mass is 9.98. The lowest BCUT2D eigenvalue weighted by Gasteiger charge is -2.11. The van der Waals surface area contributed by atoms with E-state index in [4.69, 9.17) is 4.74 Å². The highest BCUT2D eigenvalue weighted by Crippen LogP contribution is 2.20. The molecule has 0 aromatic carbocycles. The first-order valence-electron chi connectivity index (χ1n) is 5.96. The Morgan fingerprint density at radius 2 is 1.71 bits per heavy atom. The van der Waals surface area contributed by atoms with E-state index < -0.39 is 11.9 Å². The number of unbranched alkanes of at least 4 members (excludes halogenated alkanes) is 1. The van der Waals surface area contributed by atoms with Crippen LogP contribution in [0.3, 0.4) is 0 Å². The summed E-state index contributed by atoms with van der Waals surface area (Å²) in [5.41, 5.74) is 1.44. The summed E-state index contributed by atoms with van der Waals surface area (Å²) in [4.78, 5) is 22.9. The van der Waals surface area contributed by atoms with E-state index in [1.165, 1.54) is 14.2 Å². The molecule has 0 aliphatic carbocycles. The summed E-state index contributed by atoms with van der Waals surface area (Å²) in [7, 11) is 2.64. The van der Waals surface area contributed by atoms with E-state index in [-0.39, 0.29) is 6.42 Å². The van der Waals surface area contributed by atoms with Gasteiger partial charge in [0, 0.05) is 5.57 Å². The van der Waals surface area contributed by atoms with Crippen LogP contribution in [0.25, 0.3) is 0 Å². The predicted molar refractivity (Wildman–Crippen MR) is 65.5 cm³/mol. The van der Waals surface area contributed by atoms with Crippen molar-refractivity contribution in [3.8, 4) is 0 Å². The molecule has 0 rings (SSSR count). The number of carbonyl (C=O) groups excluding carboxylic acids is 2. The van der Waals surface area contributed by atoms with E-state index in [0.29, 0.717) is 5.57 Å². The topological polar surface area (TPSA) is 52.6 Å². The molecule has 0 N–H and O–H groups in total. The molecule has 4 heteroatoms. The second-order valence-corrected chi connectivity index (χ2v) is 3.78. The van der Waals surface area contributed by atoms with E-state index in [2.05, 4.69) is 11.7 Å². The van der Waals surface area contributed by atoms with Crippen molar-refractivity contribution in [3.63, 3.8) is 0 Å². The van der Waals surface area contributed by atoms with Crippen molar-refractivity contribution in [2.24, 2.45) is 0 Å². The summed E-state index contributed by atoms with van der Waals surface area (Å²) >= 11 is 0. The van der Waals surface area contributed by atoms with Gasteiger partial charge in [0.15, 0.2) is 0 Å². The monoisotopic (exact) mass is 242 g/mol. The molecule has 0 radical (unpaired) electrons. The molecular formula is C13H22O4. The van der Waals surface area contributed by atoms with Crippen molar-refractivity contribution in [2.45, 2.75) is 46.0 Å². The Labute approximate surface area is 103 Å². The number of allylic oxidation sites excluding steroid dienone is 1. The lowest BCUT2D eigenvalue weighted by Crippen LogP contribution is -2.13. The summed E-state index contributed by atoms with van der Waals surface area (Å²) in [5, 5.41) is 0. The maximum Gasteiger partial charge on any atom is 0.334 e. The van der Waals surface area contributed by atoms with Crippen LogP contribution < -0.4 is 0 Å². The third kappa shape index (κ3) is 5.52. The van der Waals surface area contributed by atoms with Crippen molar-refractivity contribution in [1.82, 2.24) is 0 Å². The van der Waals surface area contributed by atoms with Crippen LogP contribution in [-0.4, -0.2) is 26.2 Å². The summed E-state index contributed by atoms with van der Waals surface area (Å²) in [6, 6.07) is 0. The largest absolute Gasteiger partial charge is 0.469 e. The van der Waals surface area contributed by atoms with Crippen LogP contribution in [-0.2, 0) is 19.1 Å². The second kappa shape index (κ2) is 8.79. The molecule has 0 bridgehead atoms. The fourth-order valence-corrected chi connectivity index (χ4v) is 1.61. The highest BCUT2D eigenvalue weighted by atomic mass is 16.5. The van der Waals surface area contributed by atoms with Crippen LogP contribution >= 0.6 is 0 Å². The van der Waals surface area contributed by atoms with E-state index in [9.17, 15) is 9.59 Å². The number of carbonyl (C=O) groups is 2. The number of ether oxygens (including phenoxy) is 2. The van der Waals surface area contributed by atoms with Gasteiger partial charge >= 0.3 is 11.9 Å². The predicted octanol–water partition coefficient (Wildman–Crippen LogP) is 2.62. The van der Waals surface area contributed by atoms with Gasteiger partial charge in [0.2, 0.25) is 0 Å². The second-order valence-electron chi connectivity index (χ2n) is 3.78. The first-order chi connectivity index (χ1) is 8.10. The van der Waals surface area contributed by atoms with Crippen molar-refractivity contribution in [2.75, 3.05) is 14.2 Å². The van der Waals surface area contributed by atoms with Crippen molar-refractivity contribution >= 4 is 11.9 Å². The molecule has 0 saturated heterocycles. The third-order valence-electron chi connectivity index (χ3n) is 2.67. The summed E-state index contributed by atoms with van der Waals surface area (Å²) in [6.07, 6.45) is 3.63. The molecular weight excluding hydrogens is 220 g/mol. The molecule has 0 heterocycles. The number of hydrogen-bond acceptors (Lipinski definition) is 4. The maximum atomic E-state index is 11.6. The molecule has 0 amide bonds. The van der Waals surface area contributed by atoms with Gasteiger partial charge in [-0.25, -0.2) is 4.79 Å². The first-order valence-corrected chi connectivity index (χ1v) is 5.96. The van der Waals surface area contributed by atoms with Gasteiger partial charge in [-0.1, -0.05) is 25.8 Å². The number of esters is 2. The molecule has 0 saturated carbocycles. The van der Waals surface area contributed by atoms with Gasteiger partial charge in [-0.2, -0.15) is 0 Å². The molecule has 0 aliphatic rings. The van der Waals surface area contributed by atoms with Gasteiger partial charge < -0.3 is 9.47 Å². The first kappa shape index (κ1) is 15.7. The van der Waals surface area contributed by atoms with Crippen LogP contribution in [0.15, 0.2) is 11.1 Å². The number of rotatable bonds is 7. The maximum absolute atomic E-state index is 11.6. The van der Waals surface area contributed by atoms with Crippen molar-refractivity contribution in [1.29, 1.82) is 0 Å². The zero-order chi connectivity index (χ0) is 13.3. The standard InChI is InChI=1S/C13H22O4/c1-5-7-8-10(6-2)11(13(15)17-4)9-12(14)16-3/h5-9H2,1-4H3/b11-10+. The quantitative estimate of drug-likeness (QED) is 0.508. The molecule has 0 aromatic heterocycles. The smallest absolute Gasteiger partial charge is 0.334 e. The Bertz CT molecular complexity index is 292. The molecule has 98 valence electrons. The van der Waals surface area contributed by atoms with Gasteiger partial charge in [0.25, 0.3) is 0 Å². The molecule has 0 atom stereocenters. The molecule has 4 nitrogen and oxygen atoms in total. The summed E-state index contributed by atoms with van der Waals surface area (Å²) in [5.74, 6) is -0.837. The fourth-order valence-electron chi connectivity index (χ4n) is 1.61. The van der Waals surface area contributed by atoms with Gasteiger partial charge in [-0.3, -0.25) is 4.79 Å². The van der Waals surface area contributed by atoms with E-state index in [0.717, 1.165) is 31.3 Å². The van der Waals surface area contributed by atoms with E-state index >= 15 is 0 Å². The summed E-state index contributed by atoms with van der Waals surface area (Å²) in [6.45, 7) is 4.07. The third-order valence-corrected chi connectivity index (χ3v) is 2.67. The van der Waals surface area contributed by atoms with Gasteiger partial charge in [-0.05, 0) is 19.3 Å². The fraction of sp³-hybridized carbons (Fsp3) is 0.692. The van der Waals surface area contributed by atoms with Crippen LogP contribution in [0, 0.1) is 0 Å². The molecule has 0 unspecified atom stereocenters. The lowest BCUT2D eigenvalue weighted by molar-refractivity contribution is -0.143. The molecule has 0 aliphatic heterocycles. The molecule has 0 spiro atoms. The molecule has 17 heavy (non-hydrogen) atoms. The van der Waals surface area contributed by atoms with Crippen LogP contribution in [0.4, 0.5) is 0 Å². The van der Waals surface area contributed by atoms with Gasteiger partial charge in [-0.15, -0.1) is 0 Å². The average Bonchev–Trinajstić information content (AvgIpc) is 2.36. The zero-order valence-corrected chi connectivity index (χ0v) is 11.2. The minimum Gasteiger partial charge on any atom is -0.469 e. The van der Waals surface area contributed by atoms with Gasteiger partial charge in [0.1, 0.15) is 0 Å². The Morgan fingerprint density at radius 3 is 2.12 bits per heavy atom. The number of hydrogen-bond donors (Lipinski definition) is 0. The van der Waals surface area contributed by atoms with E-state index in [1.807, 2.05) is 6.92 Å². The highest BCUT2D eigenvalue weighted by molar-refractivity contribution is 5.94. The Kier molecular flexibility index (Phi) is 8.11. The Morgan fingerprint density at radius 1 is 1.06 bits per heavy atom. The minimum absolute atomic E-state index is 0.00391. The van der Waals surface area contributed by atoms with Crippen LogP contribution in [0.1, 0.15) is 46.0 Å². The van der Waals surface area contributed by atoms with Crippen LogP contribution in [0.5, 0.6) is 0 Å². The minimum atomic E-state index is -0.427. The zero-order valence-electron chi connectivity index (χ0n) is 11.2. The average molecular weight is 242 g/mol. The number of methoxy groups -OCH3 is 2. The molecule has 0 fully saturated rings. The van der Waals surface area contributed by atoms with Gasteiger partial charge in [0.05, 0.1) is 20.6 Å². The van der Waals surface area contributed by atoms with Crippen LogP contribution in [0.2, 0.25) is 0 Å².